The molecule has 0 unspecified atom stereocenters. The fraction of sp³-hybridized carbons (Fsp3) is 0.188. The Labute approximate surface area is 138 Å². The minimum Gasteiger partial charge on any atom is -0.324 e. The maximum absolute atomic E-state index is 13.4. The third-order valence-electron chi connectivity index (χ3n) is 3.02. The largest absolute Gasteiger partial charge is 0.324 e. The lowest BCUT2D eigenvalue weighted by Gasteiger charge is -2.09. The summed E-state index contributed by atoms with van der Waals surface area (Å²) in [4.78, 5) is 11.8. The highest BCUT2D eigenvalue weighted by Gasteiger charge is 2.06. The molecular formula is C16H15Cl2FN2O. The van der Waals surface area contributed by atoms with Crippen LogP contribution >= 0.6 is 23.2 Å². The van der Waals surface area contributed by atoms with Gasteiger partial charge in [-0.3, -0.25) is 4.79 Å². The van der Waals surface area contributed by atoms with Crippen LogP contribution in [-0.2, 0) is 11.2 Å². The van der Waals surface area contributed by atoms with Crippen LogP contribution in [0, 0.1) is 5.82 Å². The molecule has 0 spiro atoms. The van der Waals surface area contributed by atoms with E-state index in [-0.39, 0.29) is 18.3 Å². The molecule has 0 radical (unpaired) electrons. The molecule has 116 valence electrons. The number of nitrogens with one attached hydrogen (secondary N) is 2. The van der Waals surface area contributed by atoms with E-state index in [0.717, 1.165) is 0 Å². The number of amides is 1. The molecule has 22 heavy (non-hydrogen) atoms. The molecule has 0 saturated heterocycles. The lowest BCUT2D eigenvalue weighted by atomic mass is 10.1. The number of hydrogen-bond acceptors (Lipinski definition) is 2. The molecule has 0 aliphatic heterocycles. The first kappa shape index (κ1) is 16.7. The summed E-state index contributed by atoms with van der Waals surface area (Å²) < 4.78 is 13.4. The average molecular weight is 341 g/mol. The van der Waals surface area contributed by atoms with E-state index in [0.29, 0.717) is 34.3 Å². The van der Waals surface area contributed by atoms with E-state index < -0.39 is 0 Å². The van der Waals surface area contributed by atoms with Gasteiger partial charge in [-0.05, 0) is 42.8 Å². The summed E-state index contributed by atoms with van der Waals surface area (Å²) >= 11 is 11.8. The van der Waals surface area contributed by atoms with Crippen molar-refractivity contribution >= 4 is 34.8 Å². The molecule has 0 atom stereocenters. The Morgan fingerprint density at radius 1 is 1.14 bits per heavy atom. The maximum atomic E-state index is 13.4. The Hall–Kier alpha value is -1.62. The molecule has 1 amide bonds. The van der Waals surface area contributed by atoms with Crippen molar-refractivity contribution in [2.75, 3.05) is 18.4 Å². The Balaban J connectivity index is 1.76. The van der Waals surface area contributed by atoms with Crippen LogP contribution in [0.5, 0.6) is 0 Å². The second-order valence-electron chi connectivity index (χ2n) is 4.69. The molecule has 2 aromatic carbocycles. The number of carbonyl (C=O) groups is 1. The van der Waals surface area contributed by atoms with Crippen molar-refractivity contribution in [1.29, 1.82) is 0 Å². The van der Waals surface area contributed by atoms with Crippen LogP contribution in [0.15, 0.2) is 42.5 Å². The maximum Gasteiger partial charge on any atom is 0.238 e. The van der Waals surface area contributed by atoms with Gasteiger partial charge in [0.25, 0.3) is 0 Å². The van der Waals surface area contributed by atoms with Crippen molar-refractivity contribution in [3.63, 3.8) is 0 Å². The predicted molar refractivity (Wildman–Crippen MR) is 88.1 cm³/mol. The van der Waals surface area contributed by atoms with E-state index in [1.165, 1.54) is 6.07 Å². The van der Waals surface area contributed by atoms with Crippen LogP contribution in [0.2, 0.25) is 10.0 Å². The van der Waals surface area contributed by atoms with Gasteiger partial charge in [-0.25, -0.2) is 4.39 Å². The van der Waals surface area contributed by atoms with Gasteiger partial charge in [0.2, 0.25) is 5.91 Å². The van der Waals surface area contributed by atoms with Crippen molar-refractivity contribution in [3.05, 3.63) is 63.9 Å². The first-order valence-electron chi connectivity index (χ1n) is 6.75. The van der Waals surface area contributed by atoms with Gasteiger partial charge in [-0.2, -0.15) is 0 Å². The van der Waals surface area contributed by atoms with Gasteiger partial charge in [-0.1, -0.05) is 41.4 Å². The Morgan fingerprint density at radius 3 is 2.68 bits per heavy atom. The fourth-order valence-electron chi connectivity index (χ4n) is 1.91. The van der Waals surface area contributed by atoms with E-state index in [4.69, 9.17) is 23.2 Å². The monoisotopic (exact) mass is 340 g/mol. The highest BCUT2D eigenvalue weighted by molar-refractivity contribution is 6.35. The third kappa shape index (κ3) is 4.98. The van der Waals surface area contributed by atoms with Crippen molar-refractivity contribution in [2.45, 2.75) is 6.42 Å². The molecule has 0 aromatic heterocycles. The van der Waals surface area contributed by atoms with E-state index in [9.17, 15) is 9.18 Å². The molecule has 6 heteroatoms. The van der Waals surface area contributed by atoms with Gasteiger partial charge < -0.3 is 10.6 Å². The first-order chi connectivity index (χ1) is 10.6. The molecule has 0 aliphatic rings. The quantitative estimate of drug-likeness (QED) is 0.783. The average Bonchev–Trinajstić information content (AvgIpc) is 2.49. The summed E-state index contributed by atoms with van der Waals surface area (Å²) in [5.41, 5.74) is 1.09. The van der Waals surface area contributed by atoms with E-state index in [2.05, 4.69) is 10.6 Å². The summed E-state index contributed by atoms with van der Waals surface area (Å²) in [6, 6.07) is 11.4. The third-order valence-corrected chi connectivity index (χ3v) is 3.58. The molecular weight excluding hydrogens is 326 g/mol. The molecule has 0 heterocycles. The molecule has 0 saturated carbocycles. The van der Waals surface area contributed by atoms with Gasteiger partial charge in [0.15, 0.2) is 0 Å². The van der Waals surface area contributed by atoms with Gasteiger partial charge in [0, 0.05) is 5.02 Å². The molecule has 3 nitrogen and oxygen atoms in total. The molecule has 2 N–H and O–H groups in total. The lowest BCUT2D eigenvalue weighted by Crippen LogP contribution is -2.29. The molecule has 2 aromatic rings. The number of carbonyl (C=O) groups excluding carboxylic acids is 1. The number of benzene rings is 2. The zero-order valence-corrected chi connectivity index (χ0v) is 13.2. The Morgan fingerprint density at radius 2 is 1.91 bits per heavy atom. The van der Waals surface area contributed by atoms with Gasteiger partial charge in [0.1, 0.15) is 5.82 Å². The van der Waals surface area contributed by atoms with Crippen molar-refractivity contribution in [2.24, 2.45) is 0 Å². The van der Waals surface area contributed by atoms with Crippen molar-refractivity contribution < 1.29 is 9.18 Å². The second kappa shape index (κ2) is 8.13. The zero-order chi connectivity index (χ0) is 15.9. The zero-order valence-electron chi connectivity index (χ0n) is 11.7. The molecule has 2 rings (SSSR count). The fourth-order valence-corrected chi connectivity index (χ4v) is 2.25. The number of anilines is 1. The van der Waals surface area contributed by atoms with Crippen LogP contribution in [0.4, 0.5) is 10.1 Å². The summed E-state index contributed by atoms with van der Waals surface area (Å²) in [6.07, 6.45) is 0.512. The van der Waals surface area contributed by atoms with E-state index in [1.807, 2.05) is 0 Å². The summed E-state index contributed by atoms with van der Waals surface area (Å²) in [5, 5.41) is 6.54. The number of halogens is 3. The first-order valence-corrected chi connectivity index (χ1v) is 7.51. The SMILES string of the molecule is O=C(CNCCc1ccccc1F)Nc1cc(Cl)ccc1Cl. The highest BCUT2D eigenvalue weighted by atomic mass is 35.5. The van der Waals surface area contributed by atoms with E-state index >= 15 is 0 Å². The van der Waals surface area contributed by atoms with Gasteiger partial charge in [-0.15, -0.1) is 0 Å². The number of hydrogen-bond donors (Lipinski definition) is 2. The Kier molecular flexibility index (Phi) is 6.19. The molecule has 0 bridgehead atoms. The minimum atomic E-state index is -0.238. The second-order valence-corrected chi connectivity index (χ2v) is 5.53. The van der Waals surface area contributed by atoms with Crippen LogP contribution in [0.25, 0.3) is 0 Å². The van der Waals surface area contributed by atoms with Crippen LogP contribution in [0.1, 0.15) is 5.56 Å². The van der Waals surface area contributed by atoms with Crippen LogP contribution < -0.4 is 10.6 Å². The topological polar surface area (TPSA) is 41.1 Å². The van der Waals surface area contributed by atoms with Crippen LogP contribution in [0.3, 0.4) is 0 Å². The summed E-state index contributed by atoms with van der Waals surface area (Å²) in [5.74, 6) is -0.475. The molecule has 0 fully saturated rings. The van der Waals surface area contributed by atoms with E-state index in [1.54, 1.807) is 36.4 Å². The van der Waals surface area contributed by atoms with Gasteiger partial charge >= 0.3 is 0 Å². The van der Waals surface area contributed by atoms with Gasteiger partial charge in [0.05, 0.1) is 17.3 Å². The van der Waals surface area contributed by atoms with Crippen molar-refractivity contribution in [3.8, 4) is 0 Å². The van der Waals surface area contributed by atoms with Crippen LogP contribution in [-0.4, -0.2) is 19.0 Å². The highest BCUT2D eigenvalue weighted by Crippen LogP contribution is 2.25. The smallest absolute Gasteiger partial charge is 0.238 e. The standard InChI is InChI=1S/C16H15Cl2FN2O/c17-12-5-6-13(18)15(9-12)21-16(22)10-20-8-7-11-3-1-2-4-14(11)19/h1-6,9,20H,7-8,10H2,(H,21,22). The Bertz CT molecular complexity index is 664. The molecule has 0 aliphatic carbocycles. The lowest BCUT2D eigenvalue weighted by molar-refractivity contribution is -0.115. The van der Waals surface area contributed by atoms with Crippen molar-refractivity contribution in [1.82, 2.24) is 5.32 Å². The summed E-state index contributed by atoms with van der Waals surface area (Å²) in [7, 11) is 0. The summed E-state index contributed by atoms with van der Waals surface area (Å²) in [6.45, 7) is 0.606. The minimum absolute atomic E-state index is 0.108. The number of rotatable bonds is 6. The normalized spacial score (nSPS) is 10.5. The predicted octanol–water partition coefficient (Wildman–Crippen LogP) is 3.90.